The van der Waals surface area contributed by atoms with Gasteiger partial charge in [0.1, 0.15) is 12.4 Å². The van der Waals surface area contributed by atoms with Gasteiger partial charge in [-0.25, -0.2) is 0 Å². The summed E-state index contributed by atoms with van der Waals surface area (Å²) < 4.78 is 7.98. The fraction of sp³-hybridized carbons (Fsp3) is 0.158. The molecule has 1 heterocycles. The molecule has 25 heavy (non-hydrogen) atoms. The number of benzene rings is 2. The number of aromatic nitrogens is 3. The molecule has 0 bridgehead atoms. The Labute approximate surface area is 156 Å². The maximum Gasteiger partial charge on any atom is 0.196 e. The molecule has 0 N–H and O–H groups in total. The molecule has 1 aromatic heterocycles. The van der Waals surface area contributed by atoms with Gasteiger partial charge in [-0.15, -0.1) is 10.2 Å². The van der Waals surface area contributed by atoms with E-state index >= 15 is 0 Å². The van der Waals surface area contributed by atoms with Crippen molar-refractivity contribution < 1.29 is 4.74 Å². The van der Waals surface area contributed by atoms with E-state index in [4.69, 9.17) is 16.3 Å². The smallest absolute Gasteiger partial charge is 0.196 e. The van der Waals surface area contributed by atoms with Crippen molar-refractivity contribution in [2.24, 2.45) is 0 Å². The third-order valence-electron chi connectivity index (χ3n) is 3.56. The summed E-state index contributed by atoms with van der Waals surface area (Å²) in [6, 6.07) is 18.0. The van der Waals surface area contributed by atoms with Crippen molar-refractivity contribution in [1.82, 2.24) is 14.8 Å². The van der Waals surface area contributed by atoms with Crippen LogP contribution >= 0.6 is 23.4 Å². The minimum Gasteiger partial charge on any atom is -0.485 e. The van der Waals surface area contributed by atoms with Gasteiger partial charge in [0.15, 0.2) is 11.0 Å². The predicted molar refractivity (Wildman–Crippen MR) is 103 cm³/mol. The second-order valence-electron chi connectivity index (χ2n) is 5.30. The molecule has 0 fully saturated rings. The summed E-state index contributed by atoms with van der Waals surface area (Å²) >= 11 is 7.18. The van der Waals surface area contributed by atoms with Crippen LogP contribution in [0, 0.1) is 6.92 Å². The van der Waals surface area contributed by atoms with E-state index in [0.29, 0.717) is 6.61 Å². The van der Waals surface area contributed by atoms with Crippen molar-refractivity contribution in [3.63, 3.8) is 0 Å². The summed E-state index contributed by atoms with van der Waals surface area (Å²) in [4.78, 5) is 0. The lowest BCUT2D eigenvalue weighted by molar-refractivity contribution is 0.291. The Hall–Kier alpha value is -2.24. The number of hydrogen-bond donors (Lipinski definition) is 0. The first kappa shape index (κ1) is 17.6. The average Bonchev–Trinajstić information content (AvgIpc) is 3.05. The second-order valence-corrected chi connectivity index (χ2v) is 6.54. The van der Waals surface area contributed by atoms with E-state index in [1.807, 2.05) is 72.2 Å². The third-order valence-corrected chi connectivity index (χ3v) is 4.62. The van der Waals surface area contributed by atoms with E-state index < -0.39 is 0 Å². The molecule has 0 atom stereocenters. The number of halogens is 1. The van der Waals surface area contributed by atoms with Crippen molar-refractivity contribution >= 4 is 23.4 Å². The molecule has 0 amide bonds. The Bertz CT molecular complexity index is 849. The number of nitrogens with zero attached hydrogens (tertiary/aromatic N) is 3. The fourth-order valence-electron chi connectivity index (χ4n) is 2.34. The van der Waals surface area contributed by atoms with E-state index in [9.17, 15) is 0 Å². The van der Waals surface area contributed by atoms with E-state index in [1.54, 1.807) is 11.8 Å². The summed E-state index contributed by atoms with van der Waals surface area (Å²) in [6.45, 7) is 2.37. The second kappa shape index (κ2) is 8.74. The Kier molecular flexibility index (Phi) is 6.14. The molecule has 4 nitrogen and oxygen atoms in total. The Balaban J connectivity index is 1.87. The molecule has 0 radical (unpaired) electrons. The van der Waals surface area contributed by atoms with Crippen LogP contribution in [-0.2, 0) is 6.61 Å². The minimum absolute atomic E-state index is 0.346. The van der Waals surface area contributed by atoms with Gasteiger partial charge in [-0.1, -0.05) is 65.8 Å². The molecule has 3 aromatic rings. The number of thioether (sulfide) groups is 1. The normalized spacial score (nSPS) is 11.1. The third kappa shape index (κ3) is 4.44. The van der Waals surface area contributed by atoms with Crippen molar-refractivity contribution in [3.05, 3.63) is 77.6 Å². The van der Waals surface area contributed by atoms with Gasteiger partial charge in [-0.2, -0.15) is 0 Å². The highest BCUT2D eigenvalue weighted by atomic mass is 35.5. The van der Waals surface area contributed by atoms with Crippen LogP contribution in [0.4, 0.5) is 0 Å². The number of rotatable bonds is 7. The zero-order valence-corrected chi connectivity index (χ0v) is 15.4. The first-order valence-electron chi connectivity index (χ1n) is 7.86. The van der Waals surface area contributed by atoms with Crippen LogP contribution in [0.3, 0.4) is 0 Å². The summed E-state index contributed by atoms with van der Waals surface area (Å²) in [6.07, 6.45) is 1.87. The van der Waals surface area contributed by atoms with Crippen LogP contribution in [-0.4, -0.2) is 20.5 Å². The lowest BCUT2D eigenvalue weighted by Crippen LogP contribution is -2.07. The van der Waals surface area contributed by atoms with Crippen LogP contribution in [0.1, 0.15) is 11.4 Å². The molecule has 0 unspecified atom stereocenters. The topological polar surface area (TPSA) is 39.9 Å². The van der Waals surface area contributed by atoms with Crippen LogP contribution < -0.4 is 4.74 Å². The van der Waals surface area contributed by atoms with E-state index in [2.05, 4.69) is 10.2 Å². The van der Waals surface area contributed by atoms with Crippen molar-refractivity contribution in [2.75, 3.05) is 5.75 Å². The number of ether oxygens (including phenoxy) is 1. The Morgan fingerprint density at radius 3 is 2.60 bits per heavy atom. The molecule has 3 rings (SSSR count). The molecule has 0 aliphatic rings. The van der Waals surface area contributed by atoms with Gasteiger partial charge in [0.25, 0.3) is 0 Å². The van der Waals surface area contributed by atoms with Crippen LogP contribution in [0.25, 0.3) is 5.69 Å². The van der Waals surface area contributed by atoms with E-state index in [-0.39, 0.29) is 0 Å². The standard InChI is InChI=1S/C19H18ClN3OS/c1-15-8-5-6-11-17(15)24-14-18-21-22-19(25-13-7-12-20)23(18)16-9-3-2-4-10-16/h2-12H,13-14H2,1H3/b12-7+. The Morgan fingerprint density at radius 1 is 1.08 bits per heavy atom. The van der Waals surface area contributed by atoms with Gasteiger partial charge in [-0.05, 0) is 30.7 Å². The van der Waals surface area contributed by atoms with Gasteiger partial charge in [-0.3, -0.25) is 4.57 Å². The fourth-order valence-corrected chi connectivity index (χ4v) is 3.32. The van der Waals surface area contributed by atoms with Crippen LogP contribution in [0.15, 0.2) is 71.4 Å². The molecular formula is C19H18ClN3OS. The number of para-hydroxylation sites is 2. The highest BCUT2D eigenvalue weighted by Gasteiger charge is 2.15. The van der Waals surface area contributed by atoms with E-state index in [1.165, 1.54) is 5.54 Å². The summed E-state index contributed by atoms with van der Waals surface area (Å²) in [7, 11) is 0. The lowest BCUT2D eigenvalue weighted by atomic mass is 10.2. The maximum absolute atomic E-state index is 5.96. The molecule has 0 saturated heterocycles. The summed E-state index contributed by atoms with van der Waals surface area (Å²) in [5.41, 5.74) is 3.61. The van der Waals surface area contributed by atoms with Crippen molar-refractivity contribution in [3.8, 4) is 11.4 Å². The SMILES string of the molecule is Cc1ccccc1OCc1nnc(SC/C=C/Cl)n1-c1ccccc1. The lowest BCUT2D eigenvalue weighted by Gasteiger charge is -2.11. The quantitative estimate of drug-likeness (QED) is 0.548. The zero-order valence-electron chi connectivity index (χ0n) is 13.8. The largest absolute Gasteiger partial charge is 0.485 e. The summed E-state index contributed by atoms with van der Waals surface area (Å²) in [5, 5.41) is 9.45. The first-order chi connectivity index (χ1) is 12.3. The van der Waals surface area contributed by atoms with Crippen LogP contribution in [0.2, 0.25) is 0 Å². The molecule has 128 valence electrons. The average molecular weight is 372 g/mol. The zero-order chi connectivity index (χ0) is 17.5. The van der Waals surface area contributed by atoms with E-state index in [0.717, 1.165) is 33.7 Å². The highest BCUT2D eigenvalue weighted by molar-refractivity contribution is 7.99. The molecule has 2 aromatic carbocycles. The Morgan fingerprint density at radius 2 is 1.84 bits per heavy atom. The number of aryl methyl sites for hydroxylation is 1. The first-order valence-corrected chi connectivity index (χ1v) is 9.28. The highest BCUT2D eigenvalue weighted by Crippen LogP contribution is 2.24. The molecule has 0 aliphatic heterocycles. The van der Waals surface area contributed by atoms with Gasteiger partial charge in [0.2, 0.25) is 0 Å². The van der Waals surface area contributed by atoms with Crippen molar-refractivity contribution in [1.29, 1.82) is 0 Å². The predicted octanol–water partition coefficient (Wildman–Crippen LogP) is 5.00. The van der Waals surface area contributed by atoms with Gasteiger partial charge >= 0.3 is 0 Å². The monoisotopic (exact) mass is 371 g/mol. The number of hydrogen-bond acceptors (Lipinski definition) is 4. The van der Waals surface area contributed by atoms with Gasteiger partial charge in [0, 0.05) is 17.0 Å². The van der Waals surface area contributed by atoms with Gasteiger partial charge < -0.3 is 4.74 Å². The minimum atomic E-state index is 0.346. The van der Waals surface area contributed by atoms with Crippen molar-refractivity contribution in [2.45, 2.75) is 18.7 Å². The molecule has 6 heteroatoms. The molecule has 0 spiro atoms. The molecule has 0 aliphatic carbocycles. The summed E-state index contributed by atoms with van der Waals surface area (Å²) in [5.74, 6) is 2.34. The molecule has 0 saturated carbocycles. The van der Waals surface area contributed by atoms with Crippen LogP contribution in [0.5, 0.6) is 5.75 Å². The van der Waals surface area contributed by atoms with Gasteiger partial charge in [0.05, 0.1) is 0 Å². The maximum atomic E-state index is 5.96. The molecular weight excluding hydrogens is 354 g/mol.